The van der Waals surface area contributed by atoms with Crippen LogP contribution in [-0.4, -0.2) is 39.0 Å². The Morgan fingerprint density at radius 3 is 2.86 bits per heavy atom. The van der Waals surface area contributed by atoms with Crippen LogP contribution in [0.25, 0.3) is 6.08 Å². The number of H-pyrrole nitrogens is 1. The molecule has 2 aromatic rings. The third kappa shape index (κ3) is 4.58. The lowest BCUT2D eigenvalue weighted by molar-refractivity contribution is -0.117. The lowest BCUT2D eigenvalue weighted by Gasteiger charge is -2.17. The van der Waals surface area contributed by atoms with Crippen molar-refractivity contribution >= 4 is 24.2 Å². The highest BCUT2D eigenvalue weighted by molar-refractivity contribution is 7.71. The first kappa shape index (κ1) is 21.6. The van der Waals surface area contributed by atoms with Crippen molar-refractivity contribution in [2.45, 2.75) is 46.8 Å². The molecule has 0 fully saturated rings. The van der Waals surface area contributed by atoms with Crippen molar-refractivity contribution in [2.75, 3.05) is 13.7 Å². The van der Waals surface area contributed by atoms with E-state index in [4.69, 9.17) is 17.0 Å². The molecular formula is C19H26N6O2S. The lowest BCUT2D eigenvalue weighted by Crippen LogP contribution is -2.25. The predicted octanol–water partition coefficient (Wildman–Crippen LogP) is 2.81. The molecule has 2 aromatic heterocycles. The zero-order valence-corrected chi connectivity index (χ0v) is 17.7. The second-order valence-corrected chi connectivity index (χ2v) is 6.93. The van der Waals surface area contributed by atoms with Crippen molar-refractivity contribution in [1.29, 1.82) is 5.26 Å². The van der Waals surface area contributed by atoms with E-state index in [1.165, 1.54) is 0 Å². The summed E-state index contributed by atoms with van der Waals surface area (Å²) in [5, 5.41) is 19.0. The van der Waals surface area contributed by atoms with E-state index < -0.39 is 5.91 Å². The van der Waals surface area contributed by atoms with Gasteiger partial charge in [-0.2, -0.15) is 10.4 Å². The number of amides is 1. The molecule has 150 valence electrons. The van der Waals surface area contributed by atoms with Crippen molar-refractivity contribution in [2.24, 2.45) is 0 Å². The van der Waals surface area contributed by atoms with Crippen molar-refractivity contribution in [3.8, 4) is 6.07 Å². The normalized spacial score (nSPS) is 12.6. The zero-order valence-electron chi connectivity index (χ0n) is 16.9. The quantitative estimate of drug-likeness (QED) is 0.402. The van der Waals surface area contributed by atoms with E-state index in [2.05, 4.69) is 27.0 Å². The molecule has 0 aliphatic carbocycles. The summed E-state index contributed by atoms with van der Waals surface area (Å²) in [5.41, 5.74) is 2.90. The molecule has 0 bridgehead atoms. The lowest BCUT2D eigenvalue weighted by atomic mass is 10.1. The zero-order chi connectivity index (χ0) is 20.8. The first-order valence-electron chi connectivity index (χ1n) is 9.05. The van der Waals surface area contributed by atoms with E-state index >= 15 is 0 Å². The van der Waals surface area contributed by atoms with Crippen LogP contribution in [0, 0.1) is 29.9 Å². The van der Waals surface area contributed by atoms with Gasteiger partial charge in [-0.15, -0.1) is 0 Å². The van der Waals surface area contributed by atoms with E-state index in [0.717, 1.165) is 17.0 Å². The van der Waals surface area contributed by atoms with Gasteiger partial charge in [0.25, 0.3) is 5.91 Å². The second-order valence-electron chi connectivity index (χ2n) is 6.54. The van der Waals surface area contributed by atoms with Gasteiger partial charge in [-0.1, -0.05) is 0 Å². The topological polar surface area (TPSA) is 101 Å². The van der Waals surface area contributed by atoms with E-state index in [-0.39, 0.29) is 18.2 Å². The molecule has 0 aliphatic rings. The molecule has 2 N–H and O–H groups in total. The van der Waals surface area contributed by atoms with Crippen LogP contribution in [0.3, 0.4) is 0 Å². The van der Waals surface area contributed by atoms with Crippen molar-refractivity contribution < 1.29 is 9.53 Å². The van der Waals surface area contributed by atoms with E-state index in [9.17, 15) is 10.1 Å². The predicted molar refractivity (Wildman–Crippen MR) is 109 cm³/mol. The monoisotopic (exact) mass is 402 g/mol. The minimum absolute atomic E-state index is 0.0387. The highest BCUT2D eigenvalue weighted by atomic mass is 32.1. The Bertz CT molecular complexity index is 976. The van der Waals surface area contributed by atoms with Crippen LogP contribution < -0.4 is 5.32 Å². The first-order chi connectivity index (χ1) is 13.3. The Kier molecular flexibility index (Phi) is 7.31. The number of rotatable bonds is 8. The third-order valence-corrected chi connectivity index (χ3v) is 4.91. The fourth-order valence-electron chi connectivity index (χ4n) is 3.31. The maximum Gasteiger partial charge on any atom is 0.262 e. The Morgan fingerprint density at radius 1 is 1.54 bits per heavy atom. The SMILES string of the molecule is CCn1c(CNC(=O)/C(C#N)=C\c2cc(C)n(C(C)COC)c2C)n[nH]c1=S. The molecule has 0 saturated heterocycles. The van der Waals surface area contributed by atoms with Crippen LogP contribution in [0.1, 0.15) is 42.7 Å². The fourth-order valence-corrected chi connectivity index (χ4v) is 3.59. The van der Waals surface area contributed by atoms with E-state index in [0.29, 0.717) is 23.7 Å². The van der Waals surface area contributed by atoms with Crippen LogP contribution in [-0.2, 0) is 22.6 Å². The van der Waals surface area contributed by atoms with Gasteiger partial charge in [0, 0.05) is 25.0 Å². The number of aryl methyl sites for hydroxylation is 1. The molecule has 9 heteroatoms. The number of carbonyl (C=O) groups excluding carboxylic acids is 1. The van der Waals surface area contributed by atoms with Gasteiger partial charge in [0.15, 0.2) is 10.6 Å². The molecule has 2 heterocycles. The smallest absolute Gasteiger partial charge is 0.262 e. The Hall–Kier alpha value is -2.70. The molecule has 8 nitrogen and oxygen atoms in total. The van der Waals surface area contributed by atoms with E-state index in [1.54, 1.807) is 17.8 Å². The molecule has 28 heavy (non-hydrogen) atoms. The molecule has 1 unspecified atom stereocenters. The summed E-state index contributed by atoms with van der Waals surface area (Å²) < 4.78 is 9.67. The summed E-state index contributed by atoms with van der Waals surface area (Å²) in [6, 6.07) is 4.11. The van der Waals surface area contributed by atoms with Crippen LogP contribution in [0.5, 0.6) is 0 Å². The number of nitrogens with zero attached hydrogens (tertiary/aromatic N) is 4. The molecular weight excluding hydrogens is 376 g/mol. The van der Waals surface area contributed by atoms with Crippen LogP contribution in [0.4, 0.5) is 0 Å². The average molecular weight is 403 g/mol. The van der Waals surface area contributed by atoms with Crippen molar-refractivity contribution in [3.63, 3.8) is 0 Å². The number of carbonyl (C=O) groups is 1. The van der Waals surface area contributed by atoms with E-state index in [1.807, 2.05) is 32.9 Å². The van der Waals surface area contributed by atoms with Crippen molar-refractivity contribution in [3.05, 3.63) is 39.2 Å². The molecule has 0 aromatic carbocycles. The van der Waals surface area contributed by atoms with Gasteiger partial charge in [0.05, 0.1) is 19.2 Å². The third-order valence-electron chi connectivity index (χ3n) is 4.60. The van der Waals surface area contributed by atoms with Crippen LogP contribution in [0.15, 0.2) is 11.6 Å². The fraction of sp³-hybridized carbons (Fsp3) is 0.474. The number of aromatic amines is 1. The molecule has 1 atom stereocenters. The minimum atomic E-state index is -0.450. The molecule has 2 rings (SSSR count). The highest BCUT2D eigenvalue weighted by Crippen LogP contribution is 2.22. The van der Waals surface area contributed by atoms with Crippen LogP contribution >= 0.6 is 12.2 Å². The van der Waals surface area contributed by atoms with Gasteiger partial charge < -0.3 is 19.2 Å². The summed E-state index contributed by atoms with van der Waals surface area (Å²) in [6.07, 6.45) is 1.62. The van der Waals surface area contributed by atoms with Gasteiger partial charge in [-0.3, -0.25) is 9.89 Å². The van der Waals surface area contributed by atoms with Gasteiger partial charge >= 0.3 is 0 Å². The molecule has 0 radical (unpaired) electrons. The summed E-state index contributed by atoms with van der Waals surface area (Å²) >= 11 is 5.14. The summed E-state index contributed by atoms with van der Waals surface area (Å²) in [7, 11) is 1.67. The molecule has 0 saturated carbocycles. The standard InChI is InChI=1S/C19H26N6O2S/c1-6-24-17(22-23-19(24)28)10-21-18(26)16(9-20)8-15-7-12(2)25(14(15)4)13(3)11-27-5/h7-8,13H,6,10-11H2,1-5H3,(H,21,26)(H,23,28)/b16-8-. The molecule has 1 amide bonds. The largest absolute Gasteiger partial charge is 0.383 e. The van der Waals surface area contributed by atoms with Gasteiger partial charge in [0.2, 0.25) is 0 Å². The Morgan fingerprint density at radius 2 is 2.25 bits per heavy atom. The average Bonchev–Trinajstić information content (AvgIpc) is 3.16. The number of methoxy groups -OCH3 is 1. The molecule has 0 spiro atoms. The van der Waals surface area contributed by atoms with Crippen LogP contribution in [0.2, 0.25) is 0 Å². The number of nitrogens with one attached hydrogen (secondary N) is 2. The number of hydrogen-bond donors (Lipinski definition) is 2. The van der Waals surface area contributed by atoms with Gasteiger partial charge in [-0.25, -0.2) is 0 Å². The van der Waals surface area contributed by atoms with Crippen molar-refractivity contribution in [1.82, 2.24) is 24.6 Å². The number of aromatic nitrogens is 4. The summed E-state index contributed by atoms with van der Waals surface area (Å²) in [4.78, 5) is 12.5. The molecule has 0 aliphatic heterocycles. The Balaban J connectivity index is 2.21. The summed E-state index contributed by atoms with van der Waals surface area (Å²) in [6.45, 7) is 9.38. The summed E-state index contributed by atoms with van der Waals surface area (Å²) in [5.74, 6) is 0.165. The highest BCUT2D eigenvalue weighted by Gasteiger charge is 2.16. The van der Waals surface area contributed by atoms with Gasteiger partial charge in [0.1, 0.15) is 11.6 Å². The minimum Gasteiger partial charge on any atom is -0.383 e. The van der Waals surface area contributed by atoms with Gasteiger partial charge in [-0.05, 0) is 57.6 Å². The Labute approximate surface area is 169 Å². The number of nitriles is 1. The maximum absolute atomic E-state index is 12.5. The maximum atomic E-state index is 12.5. The second kappa shape index (κ2) is 9.48. The number of ether oxygens (including phenoxy) is 1. The number of hydrogen-bond acceptors (Lipinski definition) is 5. The first-order valence-corrected chi connectivity index (χ1v) is 9.46.